The minimum atomic E-state index is -2.95. The molecule has 1 unspecified atom stereocenters. The van der Waals surface area contributed by atoms with Crippen molar-refractivity contribution in [1.29, 1.82) is 0 Å². The summed E-state index contributed by atoms with van der Waals surface area (Å²) in [5, 5.41) is 3.33. The Hall–Kier alpha value is -2.15. The Balaban J connectivity index is 1.99. The van der Waals surface area contributed by atoms with Crippen LogP contribution in [0.1, 0.15) is 27.2 Å². The third-order valence-electron chi connectivity index (χ3n) is 4.39. The van der Waals surface area contributed by atoms with Gasteiger partial charge in [-0.05, 0) is 27.2 Å². The standard InChI is InChI=1S/C19H26N4O2S/c1-19(2,3)22-18-20-16(14-8-6-5-7-9-14)12-17(21-18)23(4)15-10-11-26(24,25)13-15/h5-9,12,15H,10-11,13H2,1-4H3,(H,20,21,22). The van der Waals surface area contributed by atoms with Crippen molar-refractivity contribution in [3.63, 3.8) is 0 Å². The molecule has 0 aliphatic carbocycles. The Morgan fingerprint density at radius 2 is 1.85 bits per heavy atom. The van der Waals surface area contributed by atoms with Crippen molar-refractivity contribution >= 4 is 21.6 Å². The topological polar surface area (TPSA) is 75.2 Å². The van der Waals surface area contributed by atoms with E-state index in [0.717, 1.165) is 17.1 Å². The molecule has 2 heterocycles. The highest BCUT2D eigenvalue weighted by Gasteiger charge is 2.31. The highest BCUT2D eigenvalue weighted by molar-refractivity contribution is 7.91. The maximum absolute atomic E-state index is 11.8. The molecule has 0 amide bonds. The lowest BCUT2D eigenvalue weighted by atomic mass is 10.1. The number of hydrogen-bond donors (Lipinski definition) is 1. The molecule has 0 saturated carbocycles. The second-order valence-electron chi connectivity index (χ2n) is 7.84. The van der Waals surface area contributed by atoms with Crippen molar-refractivity contribution in [2.45, 2.75) is 38.8 Å². The van der Waals surface area contributed by atoms with E-state index in [1.165, 1.54) is 0 Å². The van der Waals surface area contributed by atoms with Gasteiger partial charge in [0.05, 0.1) is 17.2 Å². The molecular formula is C19H26N4O2S. The predicted octanol–water partition coefficient (Wildman–Crippen LogP) is 2.98. The first-order valence-electron chi connectivity index (χ1n) is 8.79. The molecule has 0 radical (unpaired) electrons. The summed E-state index contributed by atoms with van der Waals surface area (Å²) in [7, 11) is -1.04. The van der Waals surface area contributed by atoms with Crippen molar-refractivity contribution in [3.05, 3.63) is 36.4 Å². The van der Waals surface area contributed by atoms with Gasteiger partial charge >= 0.3 is 0 Å². The minimum absolute atomic E-state index is 0.0546. The largest absolute Gasteiger partial charge is 0.355 e. The van der Waals surface area contributed by atoms with E-state index in [4.69, 9.17) is 0 Å². The van der Waals surface area contributed by atoms with Crippen LogP contribution in [-0.2, 0) is 9.84 Å². The lowest BCUT2D eigenvalue weighted by molar-refractivity contribution is 0.600. The monoisotopic (exact) mass is 374 g/mol. The molecule has 1 atom stereocenters. The summed E-state index contributed by atoms with van der Waals surface area (Å²) in [5.41, 5.74) is 1.64. The number of nitrogens with one attached hydrogen (secondary N) is 1. The number of aromatic nitrogens is 2. The van der Waals surface area contributed by atoms with Gasteiger partial charge in [0.25, 0.3) is 0 Å². The van der Waals surface area contributed by atoms with Gasteiger partial charge in [-0.1, -0.05) is 30.3 Å². The van der Waals surface area contributed by atoms with E-state index < -0.39 is 9.84 Å². The summed E-state index contributed by atoms with van der Waals surface area (Å²) >= 11 is 0. The molecule has 1 fully saturated rings. The zero-order valence-corrected chi connectivity index (χ0v) is 16.5. The molecular weight excluding hydrogens is 348 g/mol. The molecule has 2 aromatic rings. The number of nitrogens with zero attached hydrogens (tertiary/aromatic N) is 3. The fraction of sp³-hybridized carbons (Fsp3) is 0.474. The van der Waals surface area contributed by atoms with Crippen LogP contribution in [0.15, 0.2) is 36.4 Å². The molecule has 1 aromatic heterocycles. The maximum Gasteiger partial charge on any atom is 0.225 e. The third kappa shape index (κ3) is 4.52. The lowest BCUT2D eigenvalue weighted by Crippen LogP contribution is -2.34. The Labute approximate surface area is 155 Å². The van der Waals surface area contributed by atoms with Crippen LogP contribution in [0.4, 0.5) is 11.8 Å². The van der Waals surface area contributed by atoms with E-state index in [9.17, 15) is 8.42 Å². The average molecular weight is 375 g/mol. The first kappa shape index (κ1) is 18.6. The average Bonchev–Trinajstić information content (AvgIpc) is 2.93. The van der Waals surface area contributed by atoms with Gasteiger partial charge in [0.15, 0.2) is 9.84 Å². The van der Waals surface area contributed by atoms with Gasteiger partial charge in [-0.25, -0.2) is 13.4 Å². The van der Waals surface area contributed by atoms with Crippen LogP contribution < -0.4 is 10.2 Å². The van der Waals surface area contributed by atoms with Gasteiger partial charge in [-0.2, -0.15) is 4.98 Å². The van der Waals surface area contributed by atoms with Crippen molar-refractivity contribution < 1.29 is 8.42 Å². The van der Waals surface area contributed by atoms with Gasteiger partial charge in [0.1, 0.15) is 5.82 Å². The molecule has 7 heteroatoms. The number of benzene rings is 1. The zero-order chi connectivity index (χ0) is 18.9. The molecule has 1 N–H and O–H groups in total. The van der Waals surface area contributed by atoms with Crippen molar-refractivity contribution in [2.24, 2.45) is 0 Å². The molecule has 140 valence electrons. The Bertz CT molecular complexity index is 876. The second-order valence-corrected chi connectivity index (χ2v) is 10.1. The van der Waals surface area contributed by atoms with E-state index in [1.807, 2.05) is 48.3 Å². The first-order valence-corrected chi connectivity index (χ1v) is 10.6. The summed E-state index contributed by atoms with van der Waals surface area (Å²) in [6.45, 7) is 6.16. The highest BCUT2D eigenvalue weighted by atomic mass is 32.2. The van der Waals surface area contributed by atoms with E-state index in [0.29, 0.717) is 12.4 Å². The predicted molar refractivity (Wildman–Crippen MR) is 106 cm³/mol. The maximum atomic E-state index is 11.8. The minimum Gasteiger partial charge on any atom is -0.355 e. The van der Waals surface area contributed by atoms with Crippen LogP contribution in [0.25, 0.3) is 11.3 Å². The number of sulfone groups is 1. The van der Waals surface area contributed by atoms with E-state index in [2.05, 4.69) is 36.1 Å². The van der Waals surface area contributed by atoms with Crippen molar-refractivity contribution in [2.75, 3.05) is 28.8 Å². The van der Waals surface area contributed by atoms with E-state index in [1.54, 1.807) is 0 Å². The summed E-state index contributed by atoms with van der Waals surface area (Å²) < 4.78 is 23.7. The molecule has 26 heavy (non-hydrogen) atoms. The fourth-order valence-electron chi connectivity index (χ4n) is 3.03. The number of hydrogen-bond acceptors (Lipinski definition) is 6. The molecule has 1 aliphatic rings. The normalized spacial score (nSPS) is 19.3. The molecule has 6 nitrogen and oxygen atoms in total. The molecule has 1 saturated heterocycles. The Kier molecular flexibility index (Phi) is 4.92. The summed E-state index contributed by atoms with van der Waals surface area (Å²) in [6.07, 6.45) is 0.630. The molecule has 0 spiro atoms. The fourth-order valence-corrected chi connectivity index (χ4v) is 4.81. The number of anilines is 2. The van der Waals surface area contributed by atoms with E-state index in [-0.39, 0.29) is 23.1 Å². The lowest BCUT2D eigenvalue weighted by Gasteiger charge is -2.27. The number of rotatable bonds is 4. The van der Waals surface area contributed by atoms with Crippen LogP contribution in [0, 0.1) is 0 Å². The van der Waals surface area contributed by atoms with Crippen LogP contribution in [0.5, 0.6) is 0 Å². The third-order valence-corrected chi connectivity index (χ3v) is 6.14. The van der Waals surface area contributed by atoms with Crippen LogP contribution in [0.3, 0.4) is 0 Å². The van der Waals surface area contributed by atoms with Crippen LogP contribution in [-0.4, -0.2) is 48.5 Å². The summed E-state index contributed by atoms with van der Waals surface area (Å²) in [6, 6.07) is 11.8. The SMILES string of the molecule is CN(c1cc(-c2ccccc2)nc(NC(C)(C)C)n1)C1CCS(=O)(=O)C1. The van der Waals surface area contributed by atoms with Crippen LogP contribution >= 0.6 is 0 Å². The smallest absolute Gasteiger partial charge is 0.225 e. The molecule has 0 bridgehead atoms. The summed E-state index contributed by atoms with van der Waals surface area (Å²) in [4.78, 5) is 11.3. The zero-order valence-electron chi connectivity index (χ0n) is 15.7. The molecule has 3 rings (SSSR count). The van der Waals surface area contributed by atoms with Gasteiger partial charge in [-0.3, -0.25) is 0 Å². The van der Waals surface area contributed by atoms with Gasteiger partial charge < -0.3 is 10.2 Å². The first-order chi connectivity index (χ1) is 12.1. The molecule has 1 aliphatic heterocycles. The van der Waals surface area contributed by atoms with Crippen LogP contribution in [0.2, 0.25) is 0 Å². The van der Waals surface area contributed by atoms with Gasteiger partial charge in [0, 0.05) is 30.3 Å². The summed E-state index contributed by atoms with van der Waals surface area (Å²) in [5.74, 6) is 1.69. The van der Waals surface area contributed by atoms with Crippen molar-refractivity contribution in [3.8, 4) is 11.3 Å². The highest BCUT2D eigenvalue weighted by Crippen LogP contribution is 2.27. The quantitative estimate of drug-likeness (QED) is 0.887. The van der Waals surface area contributed by atoms with Crippen molar-refractivity contribution in [1.82, 2.24) is 9.97 Å². The van der Waals surface area contributed by atoms with Gasteiger partial charge in [0.2, 0.25) is 5.95 Å². The van der Waals surface area contributed by atoms with E-state index >= 15 is 0 Å². The van der Waals surface area contributed by atoms with Gasteiger partial charge in [-0.15, -0.1) is 0 Å². The second kappa shape index (κ2) is 6.87. The molecule has 1 aromatic carbocycles. The Morgan fingerprint density at radius 3 is 2.42 bits per heavy atom. The Morgan fingerprint density at radius 1 is 1.15 bits per heavy atom.